The Bertz CT molecular complexity index is 639. The number of nitrogen functional groups attached to an aromatic ring is 1. The summed E-state index contributed by atoms with van der Waals surface area (Å²) in [7, 11) is 0. The van der Waals surface area contributed by atoms with Gasteiger partial charge < -0.3 is 10.6 Å². The number of nitrogens with two attached hydrogens (primary N) is 1. The lowest BCUT2D eigenvalue weighted by molar-refractivity contribution is 0.0997. The fourth-order valence-electron chi connectivity index (χ4n) is 2.24. The molecule has 0 saturated carbocycles. The maximum atomic E-state index is 12.3. The van der Waals surface area contributed by atoms with E-state index in [0.29, 0.717) is 22.8 Å². The summed E-state index contributed by atoms with van der Waals surface area (Å²) in [6.07, 6.45) is 0. The standard InChI is InChI=1S/C14H11ClN2O/c15-10-4-2-5-11(7-10)17-8-9-3-1-6-12(16)13(9)14(17)18/h1-7H,8,16H2. The smallest absolute Gasteiger partial charge is 0.261 e. The van der Waals surface area contributed by atoms with Crippen LogP contribution in [0.2, 0.25) is 5.02 Å². The highest BCUT2D eigenvalue weighted by Crippen LogP contribution is 2.32. The van der Waals surface area contributed by atoms with E-state index in [4.69, 9.17) is 17.3 Å². The molecule has 1 aliphatic rings. The number of carbonyl (C=O) groups excluding carboxylic acids is 1. The van der Waals surface area contributed by atoms with Gasteiger partial charge in [0.1, 0.15) is 0 Å². The Labute approximate surface area is 110 Å². The molecular formula is C14H11ClN2O. The molecule has 1 aliphatic heterocycles. The third-order valence-electron chi connectivity index (χ3n) is 3.09. The molecular weight excluding hydrogens is 248 g/mol. The Balaban J connectivity index is 2.05. The van der Waals surface area contributed by atoms with Crippen molar-refractivity contribution in [3.8, 4) is 0 Å². The van der Waals surface area contributed by atoms with Gasteiger partial charge in [0.15, 0.2) is 0 Å². The van der Waals surface area contributed by atoms with Crippen molar-refractivity contribution < 1.29 is 4.79 Å². The molecule has 3 nitrogen and oxygen atoms in total. The van der Waals surface area contributed by atoms with Crippen LogP contribution in [0.15, 0.2) is 42.5 Å². The first-order valence-corrected chi connectivity index (χ1v) is 5.99. The van der Waals surface area contributed by atoms with E-state index in [2.05, 4.69) is 0 Å². The van der Waals surface area contributed by atoms with Gasteiger partial charge in [-0.3, -0.25) is 4.79 Å². The van der Waals surface area contributed by atoms with Gasteiger partial charge in [-0.2, -0.15) is 0 Å². The molecule has 90 valence electrons. The summed E-state index contributed by atoms with van der Waals surface area (Å²) in [5, 5.41) is 0.615. The van der Waals surface area contributed by atoms with Crippen molar-refractivity contribution in [3.05, 3.63) is 58.6 Å². The van der Waals surface area contributed by atoms with Crippen LogP contribution in [0.25, 0.3) is 0 Å². The van der Waals surface area contributed by atoms with Crippen LogP contribution in [-0.2, 0) is 6.54 Å². The molecule has 18 heavy (non-hydrogen) atoms. The van der Waals surface area contributed by atoms with Crippen LogP contribution in [-0.4, -0.2) is 5.91 Å². The number of fused-ring (bicyclic) bond motifs is 1. The van der Waals surface area contributed by atoms with E-state index >= 15 is 0 Å². The second-order valence-electron chi connectivity index (χ2n) is 4.25. The van der Waals surface area contributed by atoms with E-state index in [0.717, 1.165) is 11.3 Å². The molecule has 0 atom stereocenters. The van der Waals surface area contributed by atoms with Gasteiger partial charge in [-0.05, 0) is 29.8 Å². The maximum absolute atomic E-state index is 12.3. The number of amides is 1. The first-order valence-electron chi connectivity index (χ1n) is 5.61. The predicted octanol–water partition coefficient (Wildman–Crippen LogP) is 3.08. The van der Waals surface area contributed by atoms with Gasteiger partial charge in [0.05, 0.1) is 12.1 Å². The number of carbonyl (C=O) groups is 1. The Morgan fingerprint density at radius 3 is 2.67 bits per heavy atom. The Hall–Kier alpha value is -2.00. The van der Waals surface area contributed by atoms with Crippen LogP contribution >= 0.6 is 11.6 Å². The second kappa shape index (κ2) is 4.03. The Kier molecular flexibility index (Phi) is 2.49. The third-order valence-corrected chi connectivity index (χ3v) is 3.33. The van der Waals surface area contributed by atoms with Crippen LogP contribution in [0.1, 0.15) is 15.9 Å². The van der Waals surface area contributed by atoms with Crippen LogP contribution < -0.4 is 10.6 Å². The number of rotatable bonds is 1. The van der Waals surface area contributed by atoms with Crippen LogP contribution in [0.3, 0.4) is 0 Å². The summed E-state index contributed by atoms with van der Waals surface area (Å²) in [6, 6.07) is 12.8. The molecule has 2 aromatic carbocycles. The van der Waals surface area contributed by atoms with E-state index in [1.54, 1.807) is 23.1 Å². The molecule has 0 unspecified atom stereocenters. The van der Waals surface area contributed by atoms with Crippen LogP contribution in [0.5, 0.6) is 0 Å². The molecule has 2 aromatic rings. The van der Waals surface area contributed by atoms with Crippen LogP contribution in [0.4, 0.5) is 11.4 Å². The van der Waals surface area contributed by atoms with Gasteiger partial charge in [0.2, 0.25) is 0 Å². The van der Waals surface area contributed by atoms with Gasteiger partial charge >= 0.3 is 0 Å². The molecule has 1 heterocycles. The SMILES string of the molecule is Nc1cccc2c1C(=O)N(c1cccc(Cl)c1)C2. The molecule has 0 aliphatic carbocycles. The molecule has 3 rings (SSSR count). The summed E-state index contributed by atoms with van der Waals surface area (Å²) in [5.41, 5.74) is 8.75. The number of nitrogens with zero attached hydrogens (tertiary/aromatic N) is 1. The van der Waals surface area contributed by atoms with Crippen molar-refractivity contribution in [1.29, 1.82) is 0 Å². The van der Waals surface area contributed by atoms with Crippen molar-refractivity contribution in [2.24, 2.45) is 0 Å². The Morgan fingerprint density at radius 1 is 1.17 bits per heavy atom. The van der Waals surface area contributed by atoms with E-state index in [1.807, 2.05) is 24.3 Å². The average Bonchev–Trinajstić information content (AvgIpc) is 2.68. The molecule has 0 aromatic heterocycles. The van der Waals surface area contributed by atoms with Crippen molar-refractivity contribution in [1.82, 2.24) is 0 Å². The zero-order chi connectivity index (χ0) is 12.7. The fourth-order valence-corrected chi connectivity index (χ4v) is 2.43. The predicted molar refractivity (Wildman–Crippen MR) is 72.8 cm³/mol. The highest BCUT2D eigenvalue weighted by atomic mass is 35.5. The first kappa shape index (κ1) is 11.1. The van der Waals surface area contributed by atoms with Gasteiger partial charge in [-0.1, -0.05) is 29.8 Å². The number of anilines is 2. The summed E-state index contributed by atoms with van der Waals surface area (Å²) in [4.78, 5) is 14.0. The number of benzene rings is 2. The monoisotopic (exact) mass is 258 g/mol. The van der Waals surface area contributed by atoms with Crippen LogP contribution in [0, 0.1) is 0 Å². The Morgan fingerprint density at radius 2 is 1.94 bits per heavy atom. The summed E-state index contributed by atoms with van der Waals surface area (Å²) in [6.45, 7) is 0.541. The van der Waals surface area contributed by atoms with Gasteiger partial charge in [0.25, 0.3) is 5.91 Å². The summed E-state index contributed by atoms with van der Waals surface area (Å²) >= 11 is 5.95. The van der Waals surface area contributed by atoms with Gasteiger partial charge in [-0.25, -0.2) is 0 Å². The van der Waals surface area contributed by atoms with Crippen molar-refractivity contribution >= 4 is 28.9 Å². The molecule has 2 N–H and O–H groups in total. The average molecular weight is 259 g/mol. The van der Waals surface area contributed by atoms with Gasteiger partial charge in [0, 0.05) is 16.4 Å². The van der Waals surface area contributed by atoms with E-state index < -0.39 is 0 Å². The van der Waals surface area contributed by atoms with Crippen molar-refractivity contribution in [3.63, 3.8) is 0 Å². The fraction of sp³-hybridized carbons (Fsp3) is 0.0714. The lowest BCUT2D eigenvalue weighted by Crippen LogP contribution is -2.23. The zero-order valence-corrected chi connectivity index (χ0v) is 10.3. The third kappa shape index (κ3) is 1.64. The first-order chi connectivity index (χ1) is 8.66. The second-order valence-corrected chi connectivity index (χ2v) is 4.69. The number of hydrogen-bond acceptors (Lipinski definition) is 2. The summed E-state index contributed by atoms with van der Waals surface area (Å²) < 4.78 is 0. The van der Waals surface area contributed by atoms with E-state index in [9.17, 15) is 4.79 Å². The van der Waals surface area contributed by atoms with Crippen molar-refractivity contribution in [2.45, 2.75) is 6.54 Å². The number of halogens is 1. The molecule has 0 radical (unpaired) electrons. The highest BCUT2D eigenvalue weighted by Gasteiger charge is 2.30. The van der Waals surface area contributed by atoms with E-state index in [1.165, 1.54) is 0 Å². The topological polar surface area (TPSA) is 46.3 Å². The van der Waals surface area contributed by atoms with Crippen molar-refractivity contribution in [2.75, 3.05) is 10.6 Å². The van der Waals surface area contributed by atoms with E-state index in [-0.39, 0.29) is 5.91 Å². The lowest BCUT2D eigenvalue weighted by atomic mass is 10.1. The maximum Gasteiger partial charge on any atom is 0.261 e. The normalized spacial score (nSPS) is 13.8. The quantitative estimate of drug-likeness (QED) is 0.799. The molecule has 0 saturated heterocycles. The molecule has 4 heteroatoms. The zero-order valence-electron chi connectivity index (χ0n) is 9.56. The molecule has 0 fully saturated rings. The minimum Gasteiger partial charge on any atom is -0.398 e. The largest absolute Gasteiger partial charge is 0.398 e. The molecule has 1 amide bonds. The summed E-state index contributed by atoms with van der Waals surface area (Å²) in [5.74, 6) is -0.0645. The molecule has 0 spiro atoms. The minimum absolute atomic E-state index is 0.0645. The number of hydrogen-bond donors (Lipinski definition) is 1. The van der Waals surface area contributed by atoms with Gasteiger partial charge in [-0.15, -0.1) is 0 Å². The lowest BCUT2D eigenvalue weighted by Gasteiger charge is -2.15. The molecule has 0 bridgehead atoms. The minimum atomic E-state index is -0.0645. The highest BCUT2D eigenvalue weighted by molar-refractivity contribution is 6.31.